The Morgan fingerprint density at radius 3 is 2.36 bits per heavy atom. The number of ketones is 2. The summed E-state index contributed by atoms with van der Waals surface area (Å²) in [5.74, 6) is -1.19. The number of hydrogen-bond donors (Lipinski definition) is 3. The molecule has 12 heteroatoms. The van der Waals surface area contributed by atoms with Gasteiger partial charge in [-0.1, -0.05) is 54.4 Å². The van der Waals surface area contributed by atoms with Gasteiger partial charge in [0.25, 0.3) is 5.91 Å². The number of ether oxygens (including phenoxy) is 3. The summed E-state index contributed by atoms with van der Waals surface area (Å²) in [4.78, 5) is 38.3. The number of likely N-dealkylation sites (N-methyl/N-ethyl adjacent to an activating group) is 1. The number of aliphatic hydroxyl groups excluding tert-OH is 2. The molecule has 1 heterocycles. The van der Waals surface area contributed by atoms with Crippen molar-refractivity contribution in [2.75, 3.05) is 59.8 Å². The highest BCUT2D eigenvalue weighted by Gasteiger charge is 2.29. The zero-order chi connectivity index (χ0) is 32.8. The van der Waals surface area contributed by atoms with Crippen molar-refractivity contribution in [3.63, 3.8) is 0 Å². The Kier molecular flexibility index (Phi) is 15.9. The Balaban J connectivity index is 1.26. The van der Waals surface area contributed by atoms with Crippen LogP contribution in [0.4, 0.5) is 0 Å². The van der Waals surface area contributed by atoms with Crippen LogP contribution in [0, 0.1) is 0 Å². The Morgan fingerprint density at radius 2 is 1.64 bits per heavy atom. The Hall–Kier alpha value is -2.41. The maximum atomic E-state index is 12.6. The maximum Gasteiger partial charge on any atom is 0.252 e. The summed E-state index contributed by atoms with van der Waals surface area (Å²) in [5.41, 5.74) is 4.31. The Morgan fingerprint density at radius 1 is 0.956 bits per heavy atom. The van der Waals surface area contributed by atoms with Crippen molar-refractivity contribution < 1.29 is 38.8 Å². The first-order valence-electron chi connectivity index (χ1n) is 15.3. The summed E-state index contributed by atoms with van der Waals surface area (Å²) in [6.45, 7) is 5.26. The van der Waals surface area contributed by atoms with Crippen LogP contribution < -0.4 is 5.32 Å². The van der Waals surface area contributed by atoms with E-state index in [1.165, 1.54) is 0 Å². The molecule has 1 aliphatic rings. The number of hydrogen-bond acceptors (Lipinski definition) is 9. The van der Waals surface area contributed by atoms with Gasteiger partial charge >= 0.3 is 0 Å². The largest absolute Gasteiger partial charge is 0.382 e. The van der Waals surface area contributed by atoms with Gasteiger partial charge in [-0.25, -0.2) is 0 Å². The second-order valence-corrected chi connectivity index (χ2v) is 12.0. The van der Waals surface area contributed by atoms with Gasteiger partial charge in [0.2, 0.25) is 0 Å². The number of halogens is 2. The average molecular weight is 668 g/mol. The minimum Gasteiger partial charge on any atom is -0.382 e. The summed E-state index contributed by atoms with van der Waals surface area (Å²) < 4.78 is 16.4. The molecule has 0 spiro atoms. The lowest BCUT2D eigenvalue weighted by molar-refractivity contribution is -0.145. The van der Waals surface area contributed by atoms with Crippen molar-refractivity contribution in [3.8, 4) is 0 Å². The van der Waals surface area contributed by atoms with Crippen LogP contribution in [0.15, 0.2) is 36.4 Å². The van der Waals surface area contributed by atoms with Crippen LogP contribution in [-0.4, -0.2) is 105 Å². The van der Waals surface area contributed by atoms with Gasteiger partial charge in [0.05, 0.1) is 39.6 Å². The lowest BCUT2D eigenvalue weighted by atomic mass is 9.84. The summed E-state index contributed by atoms with van der Waals surface area (Å²) >= 11 is 12.8. The number of nitrogens with zero attached hydrogens (tertiary/aromatic N) is 1. The van der Waals surface area contributed by atoms with E-state index in [4.69, 9.17) is 37.4 Å². The van der Waals surface area contributed by atoms with Gasteiger partial charge in [-0.15, -0.1) is 0 Å². The minimum absolute atomic E-state index is 0.0930. The summed E-state index contributed by atoms with van der Waals surface area (Å²) in [7, 11) is 2.07. The first-order valence-corrected chi connectivity index (χ1v) is 16.0. The first-order chi connectivity index (χ1) is 21.6. The summed E-state index contributed by atoms with van der Waals surface area (Å²) in [6, 6.07) is 11.9. The molecule has 45 heavy (non-hydrogen) atoms. The maximum absolute atomic E-state index is 12.6. The van der Waals surface area contributed by atoms with Crippen LogP contribution in [0.5, 0.6) is 0 Å². The molecular formula is C33H44Cl2N2O8. The molecule has 2 aromatic rings. The lowest BCUT2D eigenvalue weighted by Crippen LogP contribution is -2.46. The van der Waals surface area contributed by atoms with Gasteiger partial charge in [-0.3, -0.25) is 14.4 Å². The van der Waals surface area contributed by atoms with E-state index in [-0.39, 0.29) is 37.9 Å². The monoisotopic (exact) mass is 666 g/mol. The van der Waals surface area contributed by atoms with Crippen molar-refractivity contribution in [1.29, 1.82) is 0 Å². The van der Waals surface area contributed by atoms with Crippen LogP contribution in [0.1, 0.15) is 54.4 Å². The number of fused-ring (bicyclic) bond motifs is 1. The molecule has 1 aliphatic heterocycles. The predicted octanol–water partition coefficient (Wildman–Crippen LogP) is 3.33. The molecule has 3 atom stereocenters. The molecular weight excluding hydrogens is 623 g/mol. The predicted molar refractivity (Wildman–Crippen MR) is 172 cm³/mol. The first kappa shape index (κ1) is 37.1. The number of aliphatic hydroxyl groups is 2. The molecule has 2 aromatic carbocycles. The zero-order valence-electron chi connectivity index (χ0n) is 25.9. The molecule has 0 saturated carbocycles. The third-order valence-corrected chi connectivity index (χ3v) is 8.01. The Bertz CT molecular complexity index is 1280. The SMILES string of the molecule is CCCC(=O)[C@H](O)[C@@H](O)C(=O)NCCOCCOCCOCCC(=O)Cc1cccc(C2CN(C)Cc3c(Cl)cc(Cl)cc32)c1. The van der Waals surface area contributed by atoms with Crippen molar-refractivity contribution >= 4 is 40.7 Å². The number of benzene rings is 2. The standard InChI is InChI=1S/C33H44Cl2N2O8/c1-3-5-30(39)31(40)32(41)33(42)36-9-11-44-13-15-45-14-12-43-10-8-25(38)17-22-6-4-7-23(16-22)27-20-37(2)21-28-26(27)18-24(34)19-29(28)35/h4,6-7,16,18-19,27,31-32,40-41H,3,5,8-15,17,20-21H2,1-2H3,(H,36,42)/t27?,31-,32+/m0/s1. The highest BCUT2D eigenvalue weighted by Crippen LogP contribution is 2.38. The van der Waals surface area contributed by atoms with E-state index in [1.807, 2.05) is 18.2 Å². The van der Waals surface area contributed by atoms with Gasteiger partial charge in [-0.05, 0) is 47.9 Å². The van der Waals surface area contributed by atoms with Gasteiger partial charge in [0.15, 0.2) is 11.9 Å². The van der Waals surface area contributed by atoms with Crippen LogP contribution in [-0.2, 0) is 41.6 Å². The van der Waals surface area contributed by atoms with E-state index in [1.54, 1.807) is 13.0 Å². The Labute approximate surface area is 274 Å². The van der Waals surface area contributed by atoms with E-state index in [9.17, 15) is 24.6 Å². The molecule has 3 N–H and O–H groups in total. The van der Waals surface area contributed by atoms with Crippen molar-refractivity contribution in [2.24, 2.45) is 0 Å². The van der Waals surface area contributed by atoms with Crippen LogP contribution in [0.3, 0.4) is 0 Å². The molecule has 1 amide bonds. The van der Waals surface area contributed by atoms with E-state index < -0.39 is 23.9 Å². The van der Waals surface area contributed by atoms with E-state index in [0.29, 0.717) is 55.7 Å². The molecule has 0 fully saturated rings. The topological polar surface area (TPSA) is 135 Å². The van der Waals surface area contributed by atoms with Crippen LogP contribution in [0.2, 0.25) is 10.0 Å². The van der Waals surface area contributed by atoms with Crippen molar-refractivity contribution in [3.05, 3.63) is 68.7 Å². The second-order valence-electron chi connectivity index (χ2n) is 11.1. The van der Waals surface area contributed by atoms with Gasteiger partial charge in [-0.2, -0.15) is 0 Å². The van der Waals surface area contributed by atoms with Crippen LogP contribution >= 0.6 is 23.2 Å². The van der Waals surface area contributed by atoms with Gasteiger partial charge in [0, 0.05) is 54.9 Å². The number of Topliss-reactive ketones (excluding diaryl/α,β-unsaturated/α-hetero) is 2. The highest BCUT2D eigenvalue weighted by molar-refractivity contribution is 6.35. The average Bonchev–Trinajstić information content (AvgIpc) is 3.01. The van der Waals surface area contributed by atoms with E-state index in [2.05, 4.69) is 29.4 Å². The van der Waals surface area contributed by atoms with Crippen molar-refractivity contribution in [2.45, 2.75) is 57.3 Å². The van der Waals surface area contributed by atoms with E-state index >= 15 is 0 Å². The number of rotatable bonds is 20. The number of amides is 1. The number of carbonyl (C=O) groups excluding carboxylic acids is 3. The zero-order valence-corrected chi connectivity index (χ0v) is 27.4. The molecule has 3 rings (SSSR count). The molecule has 0 saturated heterocycles. The molecule has 248 valence electrons. The summed E-state index contributed by atoms with van der Waals surface area (Å²) in [5, 5.41) is 23.2. The molecule has 1 unspecified atom stereocenters. The fourth-order valence-electron chi connectivity index (χ4n) is 5.16. The molecule has 0 radical (unpaired) electrons. The van der Waals surface area contributed by atoms with Crippen LogP contribution in [0.25, 0.3) is 0 Å². The second kappa shape index (κ2) is 19.3. The fraction of sp³-hybridized carbons (Fsp3) is 0.545. The minimum atomic E-state index is -1.80. The third-order valence-electron chi connectivity index (χ3n) is 7.46. The van der Waals surface area contributed by atoms with Gasteiger partial charge in [0.1, 0.15) is 11.9 Å². The number of nitrogens with one attached hydrogen (secondary N) is 1. The fourth-order valence-corrected chi connectivity index (χ4v) is 5.73. The molecule has 0 bridgehead atoms. The van der Waals surface area contributed by atoms with E-state index in [0.717, 1.165) is 35.3 Å². The van der Waals surface area contributed by atoms with Gasteiger partial charge < -0.3 is 34.6 Å². The van der Waals surface area contributed by atoms with Crippen molar-refractivity contribution in [1.82, 2.24) is 10.2 Å². The number of carbonyl (C=O) groups is 3. The normalized spacial score (nSPS) is 16.2. The highest BCUT2D eigenvalue weighted by atomic mass is 35.5. The molecule has 0 aliphatic carbocycles. The molecule has 10 nitrogen and oxygen atoms in total. The third kappa shape index (κ3) is 12.0. The summed E-state index contributed by atoms with van der Waals surface area (Å²) in [6.07, 6.45) is -2.29. The lowest BCUT2D eigenvalue weighted by Gasteiger charge is -2.33. The quantitative estimate of drug-likeness (QED) is 0.182. The molecule has 0 aromatic heterocycles. The smallest absolute Gasteiger partial charge is 0.252 e.